The number of hydrogen-bond donors (Lipinski definition) is 0. The van der Waals surface area contributed by atoms with Gasteiger partial charge in [-0.2, -0.15) is 0 Å². The highest BCUT2D eigenvalue weighted by Gasteiger charge is 1.89. The van der Waals surface area contributed by atoms with Gasteiger partial charge in [-0.3, -0.25) is 0 Å². The van der Waals surface area contributed by atoms with E-state index in [1.807, 2.05) is 24.3 Å². The molecule has 2 aromatic heterocycles. The van der Waals surface area contributed by atoms with Gasteiger partial charge in [-0.25, -0.2) is 9.97 Å². The lowest BCUT2D eigenvalue weighted by atomic mass is 10.2. The minimum Gasteiger partial charge on any atom is -0.248 e. The Balaban J connectivity index is 2.22. The van der Waals surface area contributed by atoms with Crippen molar-refractivity contribution in [1.82, 2.24) is 9.97 Å². The predicted octanol–water partition coefficient (Wildman–Crippen LogP) is 1.86. The molecule has 0 aromatic carbocycles. The summed E-state index contributed by atoms with van der Waals surface area (Å²) in [6.45, 7) is 0. The molecule has 2 heteroatoms. The van der Waals surface area contributed by atoms with Gasteiger partial charge in [-0.15, -0.1) is 6.42 Å². The molecular formula is C14H8N2. The molecule has 2 aromatic rings. The third-order valence-corrected chi connectivity index (χ3v) is 1.91. The Hall–Kier alpha value is -2.58. The highest BCUT2D eigenvalue weighted by Crippen LogP contribution is 1.97. The Morgan fingerprint density at radius 2 is 1.75 bits per heavy atom. The second-order valence-electron chi connectivity index (χ2n) is 3.04. The standard InChI is InChI=1S/C14H8N2/c1-2-12-6-7-14(16-11-12)9-8-13-5-3-4-10-15-13/h1,3-7,10-11H. The van der Waals surface area contributed by atoms with E-state index in [-0.39, 0.29) is 0 Å². The molecule has 16 heavy (non-hydrogen) atoms. The predicted molar refractivity (Wildman–Crippen MR) is 62.4 cm³/mol. The number of aromatic nitrogens is 2. The van der Waals surface area contributed by atoms with E-state index in [0.29, 0.717) is 5.69 Å². The Labute approximate surface area is 94.4 Å². The summed E-state index contributed by atoms with van der Waals surface area (Å²) in [7, 11) is 0. The Morgan fingerprint density at radius 1 is 0.938 bits per heavy atom. The number of terminal acetylenes is 1. The lowest BCUT2D eigenvalue weighted by Gasteiger charge is -1.90. The Morgan fingerprint density at radius 3 is 2.31 bits per heavy atom. The van der Waals surface area contributed by atoms with Crippen LogP contribution in [0.15, 0.2) is 42.7 Å². The smallest absolute Gasteiger partial charge is 0.113 e. The fourth-order valence-electron chi connectivity index (χ4n) is 1.12. The minimum atomic E-state index is 0.685. The monoisotopic (exact) mass is 204 g/mol. The number of nitrogens with zero attached hydrogens (tertiary/aromatic N) is 2. The van der Waals surface area contributed by atoms with Crippen LogP contribution >= 0.6 is 0 Å². The first-order chi connectivity index (χ1) is 7.88. The van der Waals surface area contributed by atoms with E-state index in [1.165, 1.54) is 0 Å². The molecule has 0 bridgehead atoms. The van der Waals surface area contributed by atoms with Crippen molar-refractivity contribution in [3.63, 3.8) is 0 Å². The summed E-state index contributed by atoms with van der Waals surface area (Å²) < 4.78 is 0. The van der Waals surface area contributed by atoms with Crippen molar-refractivity contribution >= 4 is 0 Å². The summed E-state index contributed by atoms with van der Waals surface area (Å²) in [6, 6.07) is 9.21. The largest absolute Gasteiger partial charge is 0.248 e. The number of rotatable bonds is 0. The van der Waals surface area contributed by atoms with E-state index in [2.05, 4.69) is 27.7 Å². The average molecular weight is 204 g/mol. The molecule has 0 spiro atoms. The summed E-state index contributed by atoms with van der Waals surface area (Å²) >= 11 is 0. The zero-order valence-electron chi connectivity index (χ0n) is 8.51. The van der Waals surface area contributed by atoms with Gasteiger partial charge in [0.2, 0.25) is 0 Å². The van der Waals surface area contributed by atoms with Crippen molar-refractivity contribution in [2.75, 3.05) is 0 Å². The molecule has 0 atom stereocenters. The maximum Gasteiger partial charge on any atom is 0.113 e. The van der Waals surface area contributed by atoms with Crippen LogP contribution in [-0.4, -0.2) is 9.97 Å². The molecule has 0 N–H and O–H groups in total. The first-order valence-corrected chi connectivity index (χ1v) is 4.74. The van der Waals surface area contributed by atoms with Gasteiger partial charge in [-0.1, -0.05) is 12.0 Å². The molecule has 0 amide bonds. The third-order valence-electron chi connectivity index (χ3n) is 1.91. The van der Waals surface area contributed by atoms with Crippen molar-refractivity contribution in [3.05, 3.63) is 59.7 Å². The second-order valence-corrected chi connectivity index (χ2v) is 3.04. The van der Waals surface area contributed by atoms with Crippen molar-refractivity contribution in [2.45, 2.75) is 0 Å². The fraction of sp³-hybridized carbons (Fsp3) is 0. The highest BCUT2D eigenvalue weighted by molar-refractivity contribution is 5.38. The van der Waals surface area contributed by atoms with Gasteiger partial charge in [0.1, 0.15) is 11.4 Å². The van der Waals surface area contributed by atoms with Crippen LogP contribution in [0.1, 0.15) is 17.0 Å². The molecule has 2 heterocycles. The van der Waals surface area contributed by atoms with Crippen LogP contribution in [0.4, 0.5) is 0 Å². The number of pyridine rings is 2. The van der Waals surface area contributed by atoms with Gasteiger partial charge in [0.05, 0.1) is 0 Å². The summed E-state index contributed by atoms with van der Waals surface area (Å²) in [5, 5.41) is 0. The SMILES string of the molecule is C#Cc1ccc(C#Cc2ccccn2)nc1. The maximum absolute atomic E-state index is 5.23. The topological polar surface area (TPSA) is 25.8 Å². The van der Waals surface area contributed by atoms with E-state index in [1.54, 1.807) is 18.5 Å². The maximum atomic E-state index is 5.23. The Kier molecular flexibility index (Phi) is 2.97. The van der Waals surface area contributed by atoms with Crippen LogP contribution in [-0.2, 0) is 0 Å². The van der Waals surface area contributed by atoms with Gasteiger partial charge < -0.3 is 0 Å². The molecule has 0 aliphatic carbocycles. The van der Waals surface area contributed by atoms with Crippen LogP contribution in [0.2, 0.25) is 0 Å². The normalized spacial score (nSPS) is 8.69. The van der Waals surface area contributed by atoms with E-state index < -0.39 is 0 Å². The second kappa shape index (κ2) is 4.77. The van der Waals surface area contributed by atoms with Gasteiger partial charge in [0.25, 0.3) is 0 Å². The molecule has 0 aliphatic heterocycles. The Bertz CT molecular complexity index is 566. The van der Waals surface area contributed by atoms with Crippen molar-refractivity contribution in [2.24, 2.45) is 0 Å². The molecule has 0 saturated heterocycles. The van der Waals surface area contributed by atoms with Crippen LogP contribution in [0.5, 0.6) is 0 Å². The van der Waals surface area contributed by atoms with Crippen LogP contribution in [0.3, 0.4) is 0 Å². The molecule has 0 saturated carbocycles. The zero-order chi connectivity index (χ0) is 11.2. The lowest BCUT2D eigenvalue weighted by Crippen LogP contribution is -1.84. The van der Waals surface area contributed by atoms with Gasteiger partial charge in [0.15, 0.2) is 0 Å². The van der Waals surface area contributed by atoms with Crippen LogP contribution < -0.4 is 0 Å². The van der Waals surface area contributed by atoms with E-state index in [4.69, 9.17) is 6.42 Å². The molecule has 0 unspecified atom stereocenters. The molecule has 0 radical (unpaired) electrons. The summed E-state index contributed by atoms with van der Waals surface area (Å²) in [6.07, 6.45) is 8.56. The minimum absolute atomic E-state index is 0.685. The molecule has 74 valence electrons. The molecule has 0 fully saturated rings. The van der Waals surface area contributed by atoms with Crippen LogP contribution in [0.25, 0.3) is 0 Å². The lowest BCUT2D eigenvalue weighted by molar-refractivity contribution is 1.26. The first kappa shape index (κ1) is 9.96. The van der Waals surface area contributed by atoms with E-state index >= 15 is 0 Å². The summed E-state index contributed by atoms with van der Waals surface area (Å²) in [5.41, 5.74) is 2.17. The number of hydrogen-bond acceptors (Lipinski definition) is 2. The zero-order valence-corrected chi connectivity index (χ0v) is 8.51. The van der Waals surface area contributed by atoms with Crippen LogP contribution in [0, 0.1) is 24.2 Å². The molecule has 0 aliphatic rings. The van der Waals surface area contributed by atoms with Crippen molar-refractivity contribution in [1.29, 1.82) is 0 Å². The van der Waals surface area contributed by atoms with Crippen molar-refractivity contribution in [3.8, 4) is 24.2 Å². The summed E-state index contributed by atoms with van der Waals surface area (Å²) in [5.74, 6) is 8.35. The van der Waals surface area contributed by atoms with Gasteiger partial charge >= 0.3 is 0 Å². The third kappa shape index (κ3) is 2.47. The fourth-order valence-corrected chi connectivity index (χ4v) is 1.12. The van der Waals surface area contributed by atoms with Crippen molar-refractivity contribution < 1.29 is 0 Å². The highest BCUT2D eigenvalue weighted by atomic mass is 14.7. The molecular weight excluding hydrogens is 196 g/mol. The summed E-state index contributed by atoms with van der Waals surface area (Å²) in [4.78, 5) is 8.21. The molecule has 2 rings (SSSR count). The van der Waals surface area contributed by atoms with E-state index in [9.17, 15) is 0 Å². The quantitative estimate of drug-likeness (QED) is 0.612. The van der Waals surface area contributed by atoms with Gasteiger partial charge in [0, 0.05) is 18.0 Å². The van der Waals surface area contributed by atoms with Gasteiger partial charge in [-0.05, 0) is 36.1 Å². The average Bonchev–Trinajstić information content (AvgIpc) is 2.38. The first-order valence-electron chi connectivity index (χ1n) is 4.74. The van der Waals surface area contributed by atoms with E-state index in [0.717, 1.165) is 11.3 Å². The molecule has 2 nitrogen and oxygen atoms in total.